The summed E-state index contributed by atoms with van der Waals surface area (Å²) in [6.45, 7) is 7.56. The third kappa shape index (κ3) is 6.27. The largest absolute Gasteiger partial charge is 0.490 e. The summed E-state index contributed by atoms with van der Waals surface area (Å²) < 4.78 is 46.2. The van der Waals surface area contributed by atoms with E-state index in [2.05, 4.69) is 6.58 Å². The smallest absolute Gasteiger partial charge is 0.200 e. The standard InChI is InChI=1S/C25H36F2O3/c1-3-5-6-18-7-10-21(29-16-18)17-30-20-11-8-19(9-12-20)22-13-14-23(28-15-4-2)25(27)24(22)26/h3,13-14,18-21H,1,4-12,15-17H2,2H3. The molecule has 2 fully saturated rings. The molecule has 0 spiro atoms. The summed E-state index contributed by atoms with van der Waals surface area (Å²) in [5.74, 6) is -0.927. The predicted octanol–water partition coefficient (Wildman–Crippen LogP) is 6.56. The SMILES string of the molecule is C=CCCC1CCC(COC2CCC(c3ccc(OCCC)c(F)c3F)CC2)OC1. The van der Waals surface area contributed by atoms with Crippen LogP contribution in [0.2, 0.25) is 0 Å². The number of allylic oxidation sites excluding steroid dienone is 1. The minimum absolute atomic E-state index is 0.00864. The zero-order valence-electron chi connectivity index (χ0n) is 18.2. The molecular weight excluding hydrogens is 386 g/mol. The van der Waals surface area contributed by atoms with Crippen LogP contribution in [0.1, 0.15) is 76.2 Å². The van der Waals surface area contributed by atoms with Crippen molar-refractivity contribution < 1.29 is 23.0 Å². The van der Waals surface area contributed by atoms with Crippen molar-refractivity contribution in [3.8, 4) is 5.75 Å². The summed E-state index contributed by atoms with van der Waals surface area (Å²) in [5.41, 5.74) is 0.468. The van der Waals surface area contributed by atoms with Crippen LogP contribution >= 0.6 is 0 Å². The van der Waals surface area contributed by atoms with E-state index in [9.17, 15) is 8.78 Å². The minimum atomic E-state index is -0.861. The maximum Gasteiger partial charge on any atom is 0.200 e. The molecule has 0 amide bonds. The first kappa shape index (κ1) is 23.2. The highest BCUT2D eigenvalue weighted by Crippen LogP contribution is 2.37. The van der Waals surface area contributed by atoms with Gasteiger partial charge in [-0.25, -0.2) is 4.39 Å². The van der Waals surface area contributed by atoms with E-state index in [4.69, 9.17) is 14.2 Å². The van der Waals surface area contributed by atoms with E-state index in [0.717, 1.165) is 58.0 Å². The van der Waals surface area contributed by atoms with Gasteiger partial charge in [-0.05, 0) is 81.3 Å². The fourth-order valence-corrected chi connectivity index (χ4v) is 4.54. The van der Waals surface area contributed by atoms with Gasteiger partial charge >= 0.3 is 0 Å². The van der Waals surface area contributed by atoms with E-state index in [0.29, 0.717) is 24.7 Å². The van der Waals surface area contributed by atoms with Crippen LogP contribution in [-0.2, 0) is 9.47 Å². The second-order valence-electron chi connectivity index (χ2n) is 8.70. The lowest BCUT2D eigenvalue weighted by atomic mass is 9.82. The summed E-state index contributed by atoms with van der Waals surface area (Å²) in [6, 6.07) is 3.25. The Hall–Kier alpha value is -1.46. The maximum atomic E-state index is 14.6. The van der Waals surface area contributed by atoms with Crippen molar-refractivity contribution in [1.29, 1.82) is 0 Å². The molecule has 1 aliphatic heterocycles. The fraction of sp³-hybridized carbons (Fsp3) is 0.680. The van der Waals surface area contributed by atoms with Gasteiger partial charge in [0.05, 0.1) is 25.4 Å². The third-order valence-electron chi connectivity index (χ3n) is 6.41. The van der Waals surface area contributed by atoms with Gasteiger partial charge in [0.2, 0.25) is 5.82 Å². The van der Waals surface area contributed by atoms with Crippen molar-refractivity contribution >= 4 is 0 Å². The molecule has 2 aliphatic rings. The Balaban J connectivity index is 1.41. The van der Waals surface area contributed by atoms with Crippen LogP contribution in [0.15, 0.2) is 24.8 Å². The zero-order valence-corrected chi connectivity index (χ0v) is 18.2. The molecule has 1 heterocycles. The summed E-state index contributed by atoms with van der Waals surface area (Å²) in [5, 5.41) is 0. The molecule has 3 nitrogen and oxygen atoms in total. The van der Waals surface area contributed by atoms with Gasteiger partial charge in [-0.2, -0.15) is 4.39 Å². The second kappa shape index (κ2) is 11.8. The van der Waals surface area contributed by atoms with Crippen molar-refractivity contribution in [3.05, 3.63) is 42.0 Å². The highest BCUT2D eigenvalue weighted by atomic mass is 19.2. The molecule has 1 saturated heterocycles. The molecule has 1 saturated carbocycles. The predicted molar refractivity (Wildman–Crippen MR) is 115 cm³/mol. The van der Waals surface area contributed by atoms with E-state index in [1.165, 1.54) is 6.42 Å². The molecular formula is C25H36F2O3. The van der Waals surface area contributed by atoms with Crippen molar-refractivity contribution in [2.24, 2.45) is 5.92 Å². The molecule has 2 unspecified atom stereocenters. The monoisotopic (exact) mass is 422 g/mol. The molecule has 2 atom stereocenters. The molecule has 3 rings (SSSR count). The van der Waals surface area contributed by atoms with Gasteiger partial charge in [0, 0.05) is 6.61 Å². The Kier molecular flexibility index (Phi) is 9.13. The summed E-state index contributed by atoms with van der Waals surface area (Å²) >= 11 is 0. The molecule has 0 radical (unpaired) electrons. The summed E-state index contributed by atoms with van der Waals surface area (Å²) in [4.78, 5) is 0. The van der Waals surface area contributed by atoms with Gasteiger partial charge in [0.1, 0.15) is 0 Å². The third-order valence-corrected chi connectivity index (χ3v) is 6.41. The van der Waals surface area contributed by atoms with Gasteiger partial charge in [-0.15, -0.1) is 6.58 Å². The highest BCUT2D eigenvalue weighted by Gasteiger charge is 2.28. The first-order valence-corrected chi connectivity index (χ1v) is 11.6. The van der Waals surface area contributed by atoms with Crippen LogP contribution in [0.3, 0.4) is 0 Å². The molecule has 0 bridgehead atoms. The highest BCUT2D eigenvalue weighted by molar-refractivity contribution is 5.33. The van der Waals surface area contributed by atoms with Crippen molar-refractivity contribution in [1.82, 2.24) is 0 Å². The molecule has 0 aromatic heterocycles. The number of rotatable bonds is 10. The Morgan fingerprint density at radius 3 is 2.57 bits per heavy atom. The normalized spacial score (nSPS) is 27.0. The van der Waals surface area contributed by atoms with Crippen LogP contribution in [0, 0.1) is 17.6 Å². The first-order valence-electron chi connectivity index (χ1n) is 11.6. The van der Waals surface area contributed by atoms with Crippen molar-refractivity contribution in [2.75, 3.05) is 19.8 Å². The topological polar surface area (TPSA) is 27.7 Å². The quantitative estimate of drug-likeness (QED) is 0.400. The van der Waals surface area contributed by atoms with Crippen molar-refractivity contribution in [3.63, 3.8) is 0 Å². The summed E-state index contributed by atoms with van der Waals surface area (Å²) in [6.07, 6.45) is 10.9. The van der Waals surface area contributed by atoms with Gasteiger partial charge in [-0.3, -0.25) is 0 Å². The van der Waals surface area contributed by atoms with Crippen molar-refractivity contribution in [2.45, 2.75) is 82.8 Å². The van der Waals surface area contributed by atoms with Gasteiger partial charge < -0.3 is 14.2 Å². The molecule has 0 N–H and O–H groups in total. The lowest BCUT2D eigenvalue weighted by Crippen LogP contribution is -2.32. The van der Waals surface area contributed by atoms with Crippen LogP contribution < -0.4 is 4.74 Å². The van der Waals surface area contributed by atoms with Gasteiger partial charge in [-0.1, -0.05) is 19.1 Å². The van der Waals surface area contributed by atoms with E-state index in [1.54, 1.807) is 12.1 Å². The molecule has 1 aliphatic carbocycles. The Morgan fingerprint density at radius 1 is 1.10 bits per heavy atom. The van der Waals surface area contributed by atoms with E-state index >= 15 is 0 Å². The lowest BCUT2D eigenvalue weighted by Gasteiger charge is -2.32. The van der Waals surface area contributed by atoms with Crippen LogP contribution in [0.4, 0.5) is 8.78 Å². The summed E-state index contributed by atoms with van der Waals surface area (Å²) in [7, 11) is 0. The molecule has 1 aromatic carbocycles. The zero-order chi connectivity index (χ0) is 21.3. The van der Waals surface area contributed by atoms with Crippen LogP contribution in [0.5, 0.6) is 5.75 Å². The number of hydrogen-bond acceptors (Lipinski definition) is 3. The molecule has 168 valence electrons. The van der Waals surface area contributed by atoms with Gasteiger partial charge in [0.25, 0.3) is 0 Å². The number of hydrogen-bond donors (Lipinski definition) is 0. The van der Waals surface area contributed by atoms with Gasteiger partial charge in [0.15, 0.2) is 11.6 Å². The molecule has 30 heavy (non-hydrogen) atoms. The van der Waals surface area contributed by atoms with E-state index < -0.39 is 11.6 Å². The van der Waals surface area contributed by atoms with E-state index in [-0.39, 0.29) is 23.9 Å². The van der Waals surface area contributed by atoms with Crippen LogP contribution in [0.25, 0.3) is 0 Å². The fourth-order valence-electron chi connectivity index (χ4n) is 4.54. The Morgan fingerprint density at radius 2 is 1.90 bits per heavy atom. The number of ether oxygens (including phenoxy) is 3. The average Bonchev–Trinajstić information content (AvgIpc) is 2.78. The minimum Gasteiger partial charge on any atom is -0.490 e. The lowest BCUT2D eigenvalue weighted by molar-refractivity contribution is -0.0855. The molecule has 5 heteroatoms. The average molecular weight is 423 g/mol. The second-order valence-corrected chi connectivity index (χ2v) is 8.70. The Labute approximate surface area is 179 Å². The number of halogens is 2. The van der Waals surface area contributed by atoms with Crippen LogP contribution in [-0.4, -0.2) is 32.0 Å². The number of benzene rings is 1. The first-order chi connectivity index (χ1) is 14.6. The van der Waals surface area contributed by atoms with E-state index in [1.807, 2.05) is 13.0 Å². The Bertz CT molecular complexity index is 663. The molecule has 1 aromatic rings. The maximum absolute atomic E-state index is 14.6.